The number of allylic oxidation sites excluding steroid dienone is 1. The number of hydrogen-bond donors (Lipinski definition) is 1. The number of carbonyl (C=O) groups is 1. The summed E-state index contributed by atoms with van der Waals surface area (Å²) in [6, 6.07) is 5.93. The van der Waals surface area contributed by atoms with Crippen LogP contribution < -0.4 is 0 Å². The topological polar surface area (TPSA) is 37.3 Å². The molecule has 0 aliphatic heterocycles. The molecule has 86 valence electrons. The number of hydrogen-bond acceptors (Lipinski definition) is 1. The van der Waals surface area contributed by atoms with E-state index in [-0.39, 0.29) is 16.5 Å². The molecule has 0 fully saturated rings. The van der Waals surface area contributed by atoms with E-state index in [0.29, 0.717) is 0 Å². The smallest absolute Gasteiger partial charge is 0.304 e. The van der Waals surface area contributed by atoms with Crippen LogP contribution in [-0.4, -0.2) is 11.1 Å². The molecular formula is C11H9Cl2FO2. The van der Waals surface area contributed by atoms with Gasteiger partial charge in [-0.3, -0.25) is 4.79 Å². The maximum Gasteiger partial charge on any atom is 0.304 e. The Kier molecular flexibility index (Phi) is 4.77. The first-order valence-corrected chi connectivity index (χ1v) is 5.25. The van der Waals surface area contributed by atoms with Gasteiger partial charge in [0.25, 0.3) is 0 Å². The van der Waals surface area contributed by atoms with E-state index in [1.54, 1.807) is 6.07 Å². The van der Waals surface area contributed by atoms with E-state index in [1.165, 1.54) is 24.3 Å². The average molecular weight is 263 g/mol. The van der Waals surface area contributed by atoms with Gasteiger partial charge in [-0.25, -0.2) is 4.39 Å². The third-order valence-electron chi connectivity index (χ3n) is 2.03. The first-order valence-electron chi connectivity index (χ1n) is 4.49. The van der Waals surface area contributed by atoms with Crippen LogP contribution in [-0.2, 0) is 4.79 Å². The Morgan fingerprint density at radius 3 is 2.56 bits per heavy atom. The van der Waals surface area contributed by atoms with E-state index in [4.69, 9.17) is 28.3 Å². The van der Waals surface area contributed by atoms with Crippen molar-refractivity contribution in [2.45, 2.75) is 12.3 Å². The molecule has 5 heteroatoms. The Balaban J connectivity index is 3.06. The molecule has 0 aliphatic rings. The van der Waals surface area contributed by atoms with E-state index < -0.39 is 17.7 Å². The van der Waals surface area contributed by atoms with Crippen LogP contribution in [0.3, 0.4) is 0 Å². The van der Waals surface area contributed by atoms with E-state index >= 15 is 0 Å². The summed E-state index contributed by atoms with van der Waals surface area (Å²) in [5.41, 5.74) is 0.267. The van der Waals surface area contributed by atoms with Gasteiger partial charge in [0.15, 0.2) is 0 Å². The van der Waals surface area contributed by atoms with Crippen LogP contribution in [0.4, 0.5) is 4.39 Å². The highest BCUT2D eigenvalue weighted by molar-refractivity contribution is 6.55. The molecule has 0 aromatic heterocycles. The molecule has 0 bridgehead atoms. The molecule has 1 aromatic rings. The summed E-state index contributed by atoms with van der Waals surface area (Å²) in [6.07, 6.45) is 1.06. The van der Waals surface area contributed by atoms with Gasteiger partial charge in [0.1, 0.15) is 10.3 Å². The van der Waals surface area contributed by atoms with Crippen molar-refractivity contribution in [1.82, 2.24) is 0 Å². The monoisotopic (exact) mass is 262 g/mol. The number of carboxylic acid groups (broad SMARTS) is 1. The molecular weight excluding hydrogens is 254 g/mol. The second-order valence-electron chi connectivity index (χ2n) is 3.18. The highest BCUT2D eigenvalue weighted by Gasteiger charge is 2.17. The summed E-state index contributed by atoms with van der Waals surface area (Å²) in [5.74, 6) is -2.18. The van der Waals surface area contributed by atoms with Crippen LogP contribution in [0, 0.1) is 5.82 Å². The predicted octanol–water partition coefficient (Wildman–Crippen LogP) is 3.70. The fourth-order valence-corrected chi connectivity index (χ4v) is 1.68. The summed E-state index contributed by atoms with van der Waals surface area (Å²) in [5, 5.41) is 8.71. The molecule has 1 rings (SSSR count). The molecule has 1 aromatic carbocycles. The second kappa shape index (κ2) is 5.87. The lowest BCUT2D eigenvalue weighted by Gasteiger charge is -2.11. The zero-order valence-electron chi connectivity index (χ0n) is 8.16. The molecule has 0 spiro atoms. The predicted molar refractivity (Wildman–Crippen MR) is 61.2 cm³/mol. The molecule has 2 nitrogen and oxygen atoms in total. The van der Waals surface area contributed by atoms with Crippen LogP contribution in [0.5, 0.6) is 0 Å². The minimum atomic E-state index is -1.04. The van der Waals surface area contributed by atoms with Crippen molar-refractivity contribution in [3.63, 3.8) is 0 Å². The molecule has 16 heavy (non-hydrogen) atoms. The van der Waals surface area contributed by atoms with E-state index in [9.17, 15) is 9.18 Å². The maximum atomic E-state index is 13.4. The van der Waals surface area contributed by atoms with Gasteiger partial charge in [0.05, 0.1) is 6.42 Å². The molecule has 0 amide bonds. The lowest BCUT2D eigenvalue weighted by Crippen LogP contribution is -2.06. The summed E-state index contributed by atoms with van der Waals surface area (Å²) >= 11 is 10.9. The lowest BCUT2D eigenvalue weighted by molar-refractivity contribution is -0.137. The molecule has 1 unspecified atom stereocenters. The second-order valence-corrected chi connectivity index (χ2v) is 4.19. The highest BCUT2D eigenvalue weighted by atomic mass is 35.5. The van der Waals surface area contributed by atoms with Gasteiger partial charge < -0.3 is 5.11 Å². The molecule has 0 heterocycles. The third kappa shape index (κ3) is 3.83. The Morgan fingerprint density at radius 2 is 2.06 bits per heavy atom. The van der Waals surface area contributed by atoms with Crippen molar-refractivity contribution in [3.05, 3.63) is 46.2 Å². The van der Waals surface area contributed by atoms with Crippen LogP contribution in [0.1, 0.15) is 17.9 Å². The quantitative estimate of drug-likeness (QED) is 0.899. The zero-order chi connectivity index (χ0) is 12.1. The molecule has 1 atom stereocenters. The Labute approximate surface area is 102 Å². The van der Waals surface area contributed by atoms with Gasteiger partial charge in [0.2, 0.25) is 0 Å². The molecule has 0 aliphatic carbocycles. The highest BCUT2D eigenvalue weighted by Crippen LogP contribution is 2.27. The van der Waals surface area contributed by atoms with Gasteiger partial charge in [-0.2, -0.15) is 0 Å². The minimum Gasteiger partial charge on any atom is -0.481 e. The van der Waals surface area contributed by atoms with Gasteiger partial charge >= 0.3 is 5.97 Å². The fourth-order valence-electron chi connectivity index (χ4n) is 1.37. The summed E-state index contributed by atoms with van der Waals surface area (Å²) in [6.45, 7) is 0. The number of aliphatic carboxylic acids is 1. The SMILES string of the molecule is O=C(O)CC(C=C(Cl)Cl)c1ccccc1F. The van der Waals surface area contributed by atoms with Crippen LogP contribution in [0.2, 0.25) is 0 Å². The molecule has 0 radical (unpaired) electrons. The van der Waals surface area contributed by atoms with Crippen molar-refractivity contribution in [1.29, 1.82) is 0 Å². The van der Waals surface area contributed by atoms with Crippen molar-refractivity contribution in [2.75, 3.05) is 0 Å². The third-order valence-corrected chi connectivity index (χ3v) is 2.28. The largest absolute Gasteiger partial charge is 0.481 e. The fraction of sp³-hybridized carbons (Fsp3) is 0.182. The van der Waals surface area contributed by atoms with Gasteiger partial charge in [0, 0.05) is 5.92 Å². The first kappa shape index (κ1) is 13.0. The van der Waals surface area contributed by atoms with Crippen LogP contribution >= 0.6 is 23.2 Å². The lowest BCUT2D eigenvalue weighted by atomic mass is 9.95. The van der Waals surface area contributed by atoms with E-state index in [0.717, 1.165) is 0 Å². The number of carboxylic acids is 1. The molecule has 1 N–H and O–H groups in total. The van der Waals surface area contributed by atoms with Crippen molar-refractivity contribution >= 4 is 29.2 Å². The number of benzene rings is 1. The average Bonchev–Trinajstić information content (AvgIpc) is 2.15. The van der Waals surface area contributed by atoms with Crippen molar-refractivity contribution < 1.29 is 14.3 Å². The molecule has 0 saturated heterocycles. The van der Waals surface area contributed by atoms with Crippen LogP contribution in [0.15, 0.2) is 34.8 Å². The zero-order valence-corrected chi connectivity index (χ0v) is 9.67. The number of rotatable bonds is 4. The van der Waals surface area contributed by atoms with Crippen LogP contribution in [0.25, 0.3) is 0 Å². The van der Waals surface area contributed by atoms with Crippen molar-refractivity contribution in [3.8, 4) is 0 Å². The maximum absolute atomic E-state index is 13.4. The Bertz CT molecular complexity index is 414. The number of halogens is 3. The summed E-state index contributed by atoms with van der Waals surface area (Å²) < 4.78 is 13.4. The van der Waals surface area contributed by atoms with Gasteiger partial charge in [-0.1, -0.05) is 41.4 Å². The van der Waals surface area contributed by atoms with E-state index in [1.807, 2.05) is 0 Å². The van der Waals surface area contributed by atoms with Gasteiger partial charge in [-0.05, 0) is 17.7 Å². The standard InChI is InChI=1S/C11H9Cl2FO2/c12-10(13)5-7(6-11(15)16)8-3-1-2-4-9(8)14/h1-5,7H,6H2,(H,15,16). The minimum absolute atomic E-state index is 0.0745. The van der Waals surface area contributed by atoms with Crippen molar-refractivity contribution in [2.24, 2.45) is 0 Å². The summed E-state index contributed by atoms with van der Waals surface area (Å²) in [7, 11) is 0. The first-order chi connectivity index (χ1) is 7.50. The Morgan fingerprint density at radius 1 is 1.44 bits per heavy atom. The van der Waals surface area contributed by atoms with Gasteiger partial charge in [-0.15, -0.1) is 0 Å². The molecule has 0 saturated carbocycles. The Hall–Kier alpha value is -1.06. The van der Waals surface area contributed by atoms with E-state index in [2.05, 4.69) is 0 Å². The normalized spacial score (nSPS) is 11.9. The summed E-state index contributed by atoms with van der Waals surface area (Å²) in [4.78, 5) is 10.6.